The minimum atomic E-state index is -3.87. The van der Waals surface area contributed by atoms with Gasteiger partial charge in [0.2, 0.25) is 10.0 Å². The summed E-state index contributed by atoms with van der Waals surface area (Å²) >= 11 is 0. The molecule has 0 amide bonds. The van der Waals surface area contributed by atoms with Crippen molar-refractivity contribution in [2.75, 3.05) is 31.7 Å². The number of nitro groups is 1. The van der Waals surface area contributed by atoms with Crippen molar-refractivity contribution in [3.8, 4) is 0 Å². The molecule has 1 aliphatic rings. The molecule has 2 aromatic carbocycles. The van der Waals surface area contributed by atoms with Crippen LogP contribution in [0.15, 0.2) is 52.5 Å². The van der Waals surface area contributed by atoms with Gasteiger partial charge in [0.05, 0.1) is 28.7 Å². The molecule has 1 heterocycles. The quantitative estimate of drug-likeness (QED) is 0.405. The van der Waals surface area contributed by atoms with Gasteiger partial charge in [-0.25, -0.2) is 12.8 Å². The molecule has 2 aromatic rings. The first-order valence-corrected chi connectivity index (χ1v) is 10.7. The predicted octanol–water partition coefficient (Wildman–Crippen LogP) is 2.98. The summed E-state index contributed by atoms with van der Waals surface area (Å²) in [5.74, 6) is -0.380. The Morgan fingerprint density at radius 3 is 2.50 bits per heavy atom. The summed E-state index contributed by atoms with van der Waals surface area (Å²) < 4.78 is 45.1. The van der Waals surface area contributed by atoms with Gasteiger partial charge in [0.15, 0.2) is 0 Å². The molecular weight excluding hydrogens is 415 g/mol. The number of nitrogens with zero attached hydrogens (tertiary/aromatic N) is 3. The van der Waals surface area contributed by atoms with E-state index in [0.717, 1.165) is 6.07 Å². The second-order valence-corrected chi connectivity index (χ2v) is 8.42. The maximum Gasteiger partial charge on any atom is 0.295 e. The molecule has 1 saturated heterocycles. The first kappa shape index (κ1) is 21.8. The lowest BCUT2D eigenvalue weighted by molar-refractivity contribution is -0.384. The van der Waals surface area contributed by atoms with Gasteiger partial charge in [-0.15, -0.1) is 0 Å². The number of sulfonamides is 1. The molecule has 160 valence electrons. The first-order chi connectivity index (χ1) is 14.3. The largest absolute Gasteiger partial charge is 0.379 e. The van der Waals surface area contributed by atoms with Crippen LogP contribution in [0.5, 0.6) is 0 Å². The maximum atomic E-state index is 13.1. The standard InChI is InChI=1S/C19H21FN4O5S/c1-2-17(14-3-5-15(20)6-4-14)21-22-18-8-7-16(13-19(18)24(25)26)30(27,28)23-9-11-29-12-10-23/h3-8,13,22H,2,9-12H2,1H3/b21-17+. The molecule has 0 bridgehead atoms. The van der Waals surface area contributed by atoms with Gasteiger partial charge in [-0.3, -0.25) is 15.5 Å². The van der Waals surface area contributed by atoms with E-state index in [1.54, 1.807) is 12.1 Å². The Kier molecular flexibility index (Phi) is 6.75. The summed E-state index contributed by atoms with van der Waals surface area (Å²) in [6, 6.07) is 9.36. The van der Waals surface area contributed by atoms with Crippen molar-refractivity contribution in [2.24, 2.45) is 5.10 Å². The molecule has 1 aliphatic heterocycles. The lowest BCUT2D eigenvalue weighted by Gasteiger charge is -2.26. The molecule has 0 atom stereocenters. The molecule has 1 fully saturated rings. The van der Waals surface area contributed by atoms with Crippen LogP contribution in [-0.2, 0) is 14.8 Å². The average Bonchev–Trinajstić information content (AvgIpc) is 2.75. The van der Waals surface area contributed by atoms with Gasteiger partial charge < -0.3 is 4.74 Å². The summed E-state index contributed by atoms with van der Waals surface area (Å²) in [7, 11) is -3.87. The highest BCUT2D eigenvalue weighted by Crippen LogP contribution is 2.29. The summed E-state index contributed by atoms with van der Waals surface area (Å²) in [6.07, 6.45) is 0.496. The third kappa shape index (κ3) is 4.81. The summed E-state index contributed by atoms with van der Waals surface area (Å²) in [6.45, 7) is 2.78. The Labute approximate surface area is 173 Å². The molecule has 0 aromatic heterocycles. The minimum Gasteiger partial charge on any atom is -0.379 e. The summed E-state index contributed by atoms with van der Waals surface area (Å²) in [5.41, 5.74) is 3.51. The molecule has 0 aliphatic carbocycles. The molecule has 0 saturated carbocycles. The van der Waals surface area contributed by atoms with Crippen molar-refractivity contribution in [1.29, 1.82) is 0 Å². The van der Waals surface area contributed by atoms with Crippen LogP contribution < -0.4 is 5.43 Å². The lowest BCUT2D eigenvalue weighted by Crippen LogP contribution is -2.40. The Bertz CT molecular complexity index is 1050. The van der Waals surface area contributed by atoms with Crippen LogP contribution in [-0.4, -0.2) is 49.7 Å². The molecule has 3 rings (SSSR count). The smallest absolute Gasteiger partial charge is 0.295 e. The monoisotopic (exact) mass is 436 g/mol. The fraction of sp³-hybridized carbons (Fsp3) is 0.316. The van der Waals surface area contributed by atoms with Gasteiger partial charge in [-0.2, -0.15) is 9.41 Å². The Balaban J connectivity index is 1.90. The van der Waals surface area contributed by atoms with E-state index in [9.17, 15) is 22.9 Å². The number of ether oxygens (including phenoxy) is 1. The van der Waals surface area contributed by atoms with Gasteiger partial charge in [0.1, 0.15) is 11.5 Å². The van der Waals surface area contributed by atoms with Crippen molar-refractivity contribution < 1.29 is 22.5 Å². The second-order valence-electron chi connectivity index (χ2n) is 6.48. The normalized spacial score (nSPS) is 15.7. The minimum absolute atomic E-state index is 0.0500. The van der Waals surface area contributed by atoms with E-state index in [2.05, 4.69) is 10.5 Å². The van der Waals surface area contributed by atoms with Crippen molar-refractivity contribution in [2.45, 2.75) is 18.2 Å². The van der Waals surface area contributed by atoms with Crippen LogP contribution in [0.25, 0.3) is 0 Å². The van der Waals surface area contributed by atoms with Crippen molar-refractivity contribution in [3.05, 3.63) is 64.0 Å². The van der Waals surface area contributed by atoms with Crippen LogP contribution in [0, 0.1) is 15.9 Å². The van der Waals surface area contributed by atoms with Crippen LogP contribution in [0.4, 0.5) is 15.8 Å². The fourth-order valence-corrected chi connectivity index (χ4v) is 4.40. The highest BCUT2D eigenvalue weighted by molar-refractivity contribution is 7.89. The second kappa shape index (κ2) is 9.28. The van der Waals surface area contributed by atoms with Crippen molar-refractivity contribution in [3.63, 3.8) is 0 Å². The Morgan fingerprint density at radius 2 is 1.90 bits per heavy atom. The van der Waals surface area contributed by atoms with Gasteiger partial charge in [-0.1, -0.05) is 19.1 Å². The number of benzene rings is 2. The van der Waals surface area contributed by atoms with Crippen molar-refractivity contribution >= 4 is 27.1 Å². The van der Waals surface area contributed by atoms with Crippen LogP contribution in [0.1, 0.15) is 18.9 Å². The topological polar surface area (TPSA) is 114 Å². The third-order valence-corrected chi connectivity index (χ3v) is 6.49. The van der Waals surface area contributed by atoms with E-state index in [1.807, 2.05) is 6.92 Å². The van der Waals surface area contributed by atoms with Gasteiger partial charge in [-0.05, 0) is 36.2 Å². The third-order valence-electron chi connectivity index (χ3n) is 4.60. The number of anilines is 1. The number of hydrazone groups is 1. The zero-order valence-corrected chi connectivity index (χ0v) is 17.1. The summed E-state index contributed by atoms with van der Waals surface area (Å²) in [5, 5.41) is 15.7. The maximum absolute atomic E-state index is 13.1. The van der Waals surface area contributed by atoms with Gasteiger partial charge in [0, 0.05) is 19.2 Å². The van der Waals surface area contributed by atoms with E-state index in [-0.39, 0.29) is 42.7 Å². The molecule has 0 unspecified atom stereocenters. The molecular formula is C19H21FN4O5S. The van der Waals surface area contributed by atoms with Crippen LogP contribution in [0.3, 0.4) is 0 Å². The molecule has 9 nitrogen and oxygen atoms in total. The number of hydrogen-bond acceptors (Lipinski definition) is 7. The van der Waals surface area contributed by atoms with E-state index in [4.69, 9.17) is 4.74 Å². The highest BCUT2D eigenvalue weighted by atomic mass is 32.2. The predicted molar refractivity (Wildman–Crippen MR) is 110 cm³/mol. The van der Waals surface area contributed by atoms with Gasteiger partial charge >= 0.3 is 0 Å². The van der Waals surface area contributed by atoms with E-state index in [0.29, 0.717) is 17.7 Å². The van der Waals surface area contributed by atoms with Crippen LogP contribution in [0.2, 0.25) is 0 Å². The SMILES string of the molecule is CC/C(=N\Nc1ccc(S(=O)(=O)N2CCOCC2)cc1[N+](=O)[O-])c1ccc(F)cc1. The molecule has 30 heavy (non-hydrogen) atoms. The molecule has 0 radical (unpaired) electrons. The molecule has 1 N–H and O–H groups in total. The number of hydrogen-bond donors (Lipinski definition) is 1. The Morgan fingerprint density at radius 1 is 1.23 bits per heavy atom. The zero-order valence-electron chi connectivity index (χ0n) is 16.2. The number of nitrogens with one attached hydrogen (secondary N) is 1. The molecule has 11 heteroatoms. The van der Waals surface area contributed by atoms with Gasteiger partial charge in [0.25, 0.3) is 5.69 Å². The summed E-state index contributed by atoms with van der Waals surface area (Å²) in [4.78, 5) is 10.7. The lowest BCUT2D eigenvalue weighted by atomic mass is 10.1. The number of morpholine rings is 1. The van der Waals surface area contributed by atoms with Crippen molar-refractivity contribution in [1.82, 2.24) is 4.31 Å². The van der Waals surface area contributed by atoms with E-state index in [1.165, 1.54) is 28.6 Å². The number of rotatable bonds is 7. The number of halogens is 1. The zero-order chi connectivity index (χ0) is 21.7. The number of nitro benzene ring substituents is 1. The average molecular weight is 436 g/mol. The van der Waals surface area contributed by atoms with Crippen LogP contribution >= 0.6 is 0 Å². The van der Waals surface area contributed by atoms with E-state index < -0.39 is 20.6 Å². The highest BCUT2D eigenvalue weighted by Gasteiger charge is 2.28. The fourth-order valence-electron chi connectivity index (χ4n) is 2.97. The Hall–Kier alpha value is -2.89. The first-order valence-electron chi connectivity index (χ1n) is 9.27. The van der Waals surface area contributed by atoms with E-state index >= 15 is 0 Å². The molecule has 0 spiro atoms.